The molecule has 0 aliphatic rings. The third-order valence-electron chi connectivity index (χ3n) is 12.2. The molecule has 2 heterocycles. The summed E-state index contributed by atoms with van der Waals surface area (Å²) < 4.78 is 137. The van der Waals surface area contributed by atoms with E-state index in [9.17, 15) is 39.5 Å². The van der Waals surface area contributed by atoms with Crippen molar-refractivity contribution in [3.05, 3.63) is 192 Å². The van der Waals surface area contributed by atoms with E-state index in [1.54, 1.807) is 17.0 Å². The van der Waals surface area contributed by atoms with Gasteiger partial charge in [-0.1, -0.05) is 66.2 Å². The van der Waals surface area contributed by atoms with Crippen LogP contribution in [0.3, 0.4) is 0 Å². The predicted octanol–water partition coefficient (Wildman–Crippen LogP) is 18.1. The summed E-state index contributed by atoms with van der Waals surface area (Å²) in [6.07, 6.45) is -13.8. The number of rotatable bonds is 6. The standard InChI is InChI=1S/C54H31F9N2O2/c1-30-10-18-34(19-11-30)64(35-20-12-31(13-21-35)52(55,56)57)44-28-48-50(40-8-4-2-6-38(40)44)42-26-47-43(27-46(42)66-48)51-41-9-5-3-7-39(41)45(29-49(51)67-47)65(36-22-14-32(15-23-36)53(58,59)60)37-24-16-33(17-25-37)54(61,62)63/h2-29H,1H3. The summed E-state index contributed by atoms with van der Waals surface area (Å²) in [5.74, 6) is 0. The van der Waals surface area contributed by atoms with Gasteiger partial charge in [-0.3, -0.25) is 0 Å². The Kier molecular flexibility index (Phi) is 9.38. The quantitative estimate of drug-likeness (QED) is 0.156. The number of furan rings is 2. The smallest absolute Gasteiger partial charge is 0.416 e. The lowest BCUT2D eigenvalue weighted by atomic mass is 9.98. The van der Waals surface area contributed by atoms with E-state index in [1.165, 1.54) is 36.4 Å². The summed E-state index contributed by atoms with van der Waals surface area (Å²) in [6.45, 7) is 1.95. The van der Waals surface area contributed by atoms with Crippen LogP contribution in [0, 0.1) is 6.92 Å². The average Bonchev–Trinajstić information content (AvgIpc) is 3.85. The van der Waals surface area contributed by atoms with Crippen LogP contribution in [0.4, 0.5) is 73.6 Å². The van der Waals surface area contributed by atoms with Gasteiger partial charge in [-0.2, -0.15) is 39.5 Å². The topological polar surface area (TPSA) is 32.8 Å². The Bertz CT molecular complexity index is 3640. The molecule has 0 spiro atoms. The molecule has 332 valence electrons. The van der Waals surface area contributed by atoms with Gasteiger partial charge in [-0.15, -0.1) is 0 Å². The van der Waals surface area contributed by atoms with Crippen LogP contribution in [-0.2, 0) is 18.5 Å². The number of benzene rings is 9. The summed E-state index contributed by atoms with van der Waals surface area (Å²) in [6, 6.07) is 43.9. The Hall–Kier alpha value is -7.93. The second kappa shape index (κ2) is 15.1. The van der Waals surface area contributed by atoms with E-state index < -0.39 is 35.2 Å². The van der Waals surface area contributed by atoms with Gasteiger partial charge in [0, 0.05) is 67.2 Å². The first-order chi connectivity index (χ1) is 32.0. The van der Waals surface area contributed by atoms with Crippen LogP contribution in [-0.4, -0.2) is 0 Å². The van der Waals surface area contributed by atoms with E-state index >= 15 is 0 Å². The van der Waals surface area contributed by atoms with Crippen molar-refractivity contribution in [2.45, 2.75) is 25.5 Å². The van der Waals surface area contributed by atoms with Crippen LogP contribution in [0.2, 0.25) is 0 Å². The van der Waals surface area contributed by atoms with Crippen molar-refractivity contribution >= 4 is 99.5 Å². The second-order valence-electron chi connectivity index (χ2n) is 16.3. The maximum absolute atomic E-state index is 13.7. The maximum Gasteiger partial charge on any atom is 0.416 e. The number of aryl methyl sites for hydroxylation is 1. The van der Waals surface area contributed by atoms with E-state index in [1.807, 2.05) is 96.8 Å². The minimum absolute atomic E-state index is 0.267. The highest BCUT2D eigenvalue weighted by Crippen LogP contribution is 2.49. The Morgan fingerprint density at radius 2 is 0.627 bits per heavy atom. The van der Waals surface area contributed by atoms with Crippen molar-refractivity contribution in [1.29, 1.82) is 0 Å². The molecule has 0 radical (unpaired) electrons. The summed E-state index contributed by atoms with van der Waals surface area (Å²) in [5.41, 5.74) is 3.27. The number of alkyl halides is 9. The van der Waals surface area contributed by atoms with E-state index in [0.717, 1.165) is 69.2 Å². The average molecular weight is 911 g/mol. The van der Waals surface area contributed by atoms with Crippen LogP contribution < -0.4 is 9.80 Å². The van der Waals surface area contributed by atoms with Gasteiger partial charge in [0.1, 0.15) is 22.3 Å². The molecule has 0 amide bonds. The fraction of sp³-hybridized carbons (Fsp3) is 0.0741. The van der Waals surface area contributed by atoms with Gasteiger partial charge in [0.05, 0.1) is 28.1 Å². The minimum atomic E-state index is -4.62. The summed E-state index contributed by atoms with van der Waals surface area (Å²) in [4.78, 5) is 3.50. The first-order valence-corrected chi connectivity index (χ1v) is 20.9. The van der Waals surface area contributed by atoms with Gasteiger partial charge in [0.15, 0.2) is 0 Å². The molecule has 0 fully saturated rings. The lowest BCUT2D eigenvalue weighted by Gasteiger charge is -2.27. The number of nitrogens with zero attached hydrogens (tertiary/aromatic N) is 2. The molecule has 0 N–H and O–H groups in total. The van der Waals surface area contributed by atoms with Crippen molar-refractivity contribution in [2.75, 3.05) is 9.80 Å². The van der Waals surface area contributed by atoms with E-state index in [4.69, 9.17) is 8.83 Å². The summed E-state index contributed by atoms with van der Waals surface area (Å²) in [7, 11) is 0. The van der Waals surface area contributed by atoms with Crippen molar-refractivity contribution in [3.8, 4) is 0 Å². The van der Waals surface area contributed by atoms with Crippen LogP contribution in [0.5, 0.6) is 0 Å². The molecule has 0 saturated carbocycles. The molecule has 67 heavy (non-hydrogen) atoms. The first-order valence-electron chi connectivity index (χ1n) is 20.9. The number of halogens is 9. The number of anilines is 6. The molecular formula is C54H31F9N2O2. The molecule has 0 atom stereocenters. The molecule has 0 bridgehead atoms. The minimum Gasteiger partial charge on any atom is -0.456 e. The van der Waals surface area contributed by atoms with Crippen molar-refractivity contribution in [1.82, 2.24) is 0 Å². The zero-order valence-corrected chi connectivity index (χ0v) is 34.8. The van der Waals surface area contributed by atoms with Crippen molar-refractivity contribution in [3.63, 3.8) is 0 Å². The molecule has 0 unspecified atom stereocenters. The molecule has 11 rings (SSSR count). The van der Waals surface area contributed by atoms with E-state index in [-0.39, 0.29) is 11.4 Å². The number of hydrogen-bond acceptors (Lipinski definition) is 4. The van der Waals surface area contributed by atoms with E-state index in [2.05, 4.69) is 0 Å². The molecule has 2 aromatic heterocycles. The highest BCUT2D eigenvalue weighted by Gasteiger charge is 2.33. The third-order valence-corrected chi connectivity index (χ3v) is 12.2. The number of fused-ring (bicyclic) bond motifs is 10. The maximum atomic E-state index is 13.7. The monoisotopic (exact) mass is 910 g/mol. The van der Waals surface area contributed by atoms with Gasteiger partial charge >= 0.3 is 18.5 Å². The van der Waals surface area contributed by atoms with Crippen LogP contribution in [0.15, 0.2) is 179 Å². The molecule has 0 aliphatic carbocycles. The fourth-order valence-electron chi connectivity index (χ4n) is 9.05. The molecule has 0 aliphatic heterocycles. The molecule has 13 heteroatoms. The molecule has 0 saturated heterocycles. The molecule has 9 aromatic carbocycles. The number of hydrogen-bond donors (Lipinski definition) is 0. The van der Waals surface area contributed by atoms with Gasteiger partial charge < -0.3 is 18.6 Å². The highest BCUT2D eigenvalue weighted by atomic mass is 19.4. The van der Waals surface area contributed by atoms with Gasteiger partial charge in [0.2, 0.25) is 0 Å². The highest BCUT2D eigenvalue weighted by molar-refractivity contribution is 6.27. The van der Waals surface area contributed by atoms with Crippen LogP contribution >= 0.6 is 0 Å². The van der Waals surface area contributed by atoms with Crippen LogP contribution in [0.1, 0.15) is 22.3 Å². The second-order valence-corrected chi connectivity index (χ2v) is 16.3. The lowest BCUT2D eigenvalue weighted by Crippen LogP contribution is -2.12. The Balaban J connectivity index is 1.11. The van der Waals surface area contributed by atoms with Crippen molar-refractivity contribution < 1.29 is 48.3 Å². The molecule has 4 nitrogen and oxygen atoms in total. The van der Waals surface area contributed by atoms with Gasteiger partial charge in [-0.25, -0.2) is 0 Å². The Labute approximate surface area is 374 Å². The molecule has 11 aromatic rings. The summed E-state index contributed by atoms with van der Waals surface area (Å²) in [5, 5.41) is 5.83. The Morgan fingerprint density at radius 1 is 0.328 bits per heavy atom. The molecular weight excluding hydrogens is 880 g/mol. The third kappa shape index (κ3) is 7.13. The van der Waals surface area contributed by atoms with Crippen LogP contribution in [0.25, 0.3) is 65.4 Å². The SMILES string of the molecule is Cc1ccc(N(c2ccc(C(F)(F)F)cc2)c2cc3oc4cc5c(cc4c3c3ccccc23)oc2cc(N(c3ccc(C(F)(F)F)cc3)c3ccc(C(F)(F)F)cc3)c3ccccc3c25)cc1. The zero-order valence-electron chi connectivity index (χ0n) is 34.8. The normalized spacial score (nSPS) is 12.6. The largest absolute Gasteiger partial charge is 0.456 e. The Morgan fingerprint density at radius 3 is 0.940 bits per heavy atom. The fourth-order valence-corrected chi connectivity index (χ4v) is 9.05. The van der Waals surface area contributed by atoms with Gasteiger partial charge in [0.25, 0.3) is 0 Å². The summed E-state index contributed by atoms with van der Waals surface area (Å²) >= 11 is 0. The van der Waals surface area contributed by atoms with Crippen molar-refractivity contribution in [2.24, 2.45) is 0 Å². The predicted molar refractivity (Wildman–Crippen MR) is 245 cm³/mol. The van der Waals surface area contributed by atoms with E-state index in [0.29, 0.717) is 60.9 Å². The zero-order chi connectivity index (χ0) is 46.6. The first kappa shape index (κ1) is 41.8. The lowest BCUT2D eigenvalue weighted by molar-refractivity contribution is -0.138. The van der Waals surface area contributed by atoms with Gasteiger partial charge in [-0.05, 0) is 115 Å².